The van der Waals surface area contributed by atoms with Crippen LogP contribution in [0.4, 0.5) is 0 Å². The Morgan fingerprint density at radius 1 is 1.15 bits per heavy atom. The maximum atomic E-state index is 6.00. The third-order valence-corrected chi connectivity index (χ3v) is 4.65. The second-order valence-corrected chi connectivity index (χ2v) is 6.49. The van der Waals surface area contributed by atoms with Gasteiger partial charge in [-0.15, -0.1) is 0 Å². The summed E-state index contributed by atoms with van der Waals surface area (Å²) in [6.45, 7) is 4.09. The number of aromatic nitrogens is 4. The summed E-state index contributed by atoms with van der Waals surface area (Å²) >= 11 is 0. The molecule has 0 bridgehead atoms. The van der Waals surface area contributed by atoms with Crippen LogP contribution in [0.2, 0.25) is 0 Å². The van der Waals surface area contributed by atoms with Crippen LogP contribution >= 0.6 is 0 Å². The van der Waals surface area contributed by atoms with Crippen LogP contribution < -0.4 is 14.2 Å². The third-order valence-electron chi connectivity index (χ3n) is 4.65. The molecule has 4 rings (SSSR count). The summed E-state index contributed by atoms with van der Waals surface area (Å²) in [5, 5.41) is 7.36. The first-order valence-corrected chi connectivity index (χ1v) is 9.18. The van der Waals surface area contributed by atoms with E-state index in [0.29, 0.717) is 29.7 Å². The molecule has 3 heterocycles. The van der Waals surface area contributed by atoms with Crippen LogP contribution in [0.15, 0.2) is 30.9 Å². The molecule has 3 aromatic rings. The Balaban J connectivity index is 1.51. The second-order valence-electron chi connectivity index (χ2n) is 6.49. The second kappa shape index (κ2) is 8.22. The average molecular weight is 369 g/mol. The van der Waals surface area contributed by atoms with Gasteiger partial charge in [0.05, 0.1) is 37.0 Å². The highest BCUT2D eigenvalue weighted by atomic mass is 16.5. The molecule has 0 aliphatic carbocycles. The van der Waals surface area contributed by atoms with Crippen molar-refractivity contribution in [3.8, 4) is 23.1 Å². The number of fused-ring (bicyclic) bond motifs is 1. The van der Waals surface area contributed by atoms with Crippen molar-refractivity contribution in [3.05, 3.63) is 30.9 Å². The van der Waals surface area contributed by atoms with Gasteiger partial charge in [-0.2, -0.15) is 5.10 Å². The summed E-state index contributed by atoms with van der Waals surface area (Å²) in [4.78, 5) is 11.0. The van der Waals surface area contributed by atoms with Gasteiger partial charge in [-0.1, -0.05) is 0 Å². The molecule has 8 nitrogen and oxygen atoms in total. The fourth-order valence-electron chi connectivity index (χ4n) is 3.28. The van der Waals surface area contributed by atoms with Gasteiger partial charge in [-0.3, -0.25) is 5.10 Å². The lowest BCUT2D eigenvalue weighted by atomic mass is 10.2. The minimum Gasteiger partial charge on any atom is -0.493 e. The van der Waals surface area contributed by atoms with E-state index in [1.807, 2.05) is 12.1 Å². The number of likely N-dealkylation sites (tertiary alicyclic amines) is 1. The molecule has 2 aromatic heterocycles. The van der Waals surface area contributed by atoms with Gasteiger partial charge in [0.1, 0.15) is 6.33 Å². The monoisotopic (exact) mass is 369 g/mol. The van der Waals surface area contributed by atoms with Crippen molar-refractivity contribution in [2.24, 2.45) is 0 Å². The molecule has 0 unspecified atom stereocenters. The first-order valence-electron chi connectivity index (χ1n) is 9.18. The standard InChI is InChI=1S/C19H23N5O3/c1-25-17-10-16-15(19(21-13-20-16)27-14-11-22-23-12-14)9-18(17)26-8-4-7-24-5-2-3-6-24/h9-13H,2-8H2,1H3,(H,22,23). The van der Waals surface area contributed by atoms with Gasteiger partial charge in [0, 0.05) is 12.6 Å². The quantitative estimate of drug-likeness (QED) is 0.611. The molecule has 8 heteroatoms. The van der Waals surface area contributed by atoms with Crippen LogP contribution in [0.25, 0.3) is 10.9 Å². The van der Waals surface area contributed by atoms with Gasteiger partial charge in [0.25, 0.3) is 0 Å². The molecule has 0 atom stereocenters. The Morgan fingerprint density at radius 2 is 2.04 bits per heavy atom. The van der Waals surface area contributed by atoms with Gasteiger partial charge in [0.15, 0.2) is 17.2 Å². The molecule has 0 saturated carbocycles. The smallest absolute Gasteiger partial charge is 0.230 e. The van der Waals surface area contributed by atoms with Gasteiger partial charge in [-0.05, 0) is 38.4 Å². The summed E-state index contributed by atoms with van der Waals surface area (Å²) in [7, 11) is 1.63. The topological polar surface area (TPSA) is 85.4 Å². The Bertz CT molecular complexity index is 878. The zero-order chi connectivity index (χ0) is 18.5. The van der Waals surface area contributed by atoms with E-state index in [1.165, 1.54) is 32.3 Å². The first kappa shape index (κ1) is 17.5. The Hall–Kier alpha value is -2.87. The number of nitrogens with one attached hydrogen (secondary N) is 1. The van der Waals surface area contributed by atoms with Crippen molar-refractivity contribution < 1.29 is 14.2 Å². The van der Waals surface area contributed by atoms with Crippen LogP contribution in [0.1, 0.15) is 19.3 Å². The molecule has 1 aliphatic rings. The molecule has 1 saturated heterocycles. The van der Waals surface area contributed by atoms with E-state index in [4.69, 9.17) is 14.2 Å². The van der Waals surface area contributed by atoms with Gasteiger partial charge < -0.3 is 19.1 Å². The summed E-state index contributed by atoms with van der Waals surface area (Å²) in [5.74, 6) is 2.35. The molecule has 1 fully saturated rings. The Morgan fingerprint density at radius 3 is 2.81 bits per heavy atom. The minimum absolute atomic E-state index is 0.450. The molecule has 1 N–H and O–H groups in total. The first-order chi connectivity index (χ1) is 13.3. The molecule has 0 spiro atoms. The number of hydrogen-bond acceptors (Lipinski definition) is 7. The zero-order valence-corrected chi connectivity index (χ0v) is 15.4. The maximum Gasteiger partial charge on any atom is 0.230 e. The van der Waals surface area contributed by atoms with E-state index in [2.05, 4.69) is 25.1 Å². The fourth-order valence-corrected chi connectivity index (χ4v) is 3.28. The number of aromatic amines is 1. The van der Waals surface area contributed by atoms with Crippen molar-refractivity contribution in [3.63, 3.8) is 0 Å². The van der Waals surface area contributed by atoms with Gasteiger partial charge in [-0.25, -0.2) is 9.97 Å². The predicted molar refractivity (Wildman–Crippen MR) is 101 cm³/mol. The van der Waals surface area contributed by atoms with E-state index in [0.717, 1.165) is 23.9 Å². The van der Waals surface area contributed by atoms with E-state index in [-0.39, 0.29) is 0 Å². The summed E-state index contributed by atoms with van der Waals surface area (Å²) in [6.07, 6.45) is 8.30. The van der Waals surface area contributed by atoms with Crippen molar-refractivity contribution in [1.82, 2.24) is 25.1 Å². The normalized spacial score (nSPS) is 14.6. The molecule has 27 heavy (non-hydrogen) atoms. The number of hydrogen-bond donors (Lipinski definition) is 1. The minimum atomic E-state index is 0.450. The molecule has 0 radical (unpaired) electrons. The summed E-state index contributed by atoms with van der Waals surface area (Å²) in [5.41, 5.74) is 0.727. The molecule has 142 valence electrons. The Kier molecular flexibility index (Phi) is 5.34. The van der Waals surface area contributed by atoms with Gasteiger partial charge in [0.2, 0.25) is 5.88 Å². The SMILES string of the molecule is COc1cc2ncnc(Oc3cn[nH]c3)c2cc1OCCCN1CCCC1. The van der Waals surface area contributed by atoms with Crippen LogP contribution in [0, 0.1) is 0 Å². The summed E-state index contributed by atoms with van der Waals surface area (Å²) < 4.78 is 17.3. The average Bonchev–Trinajstić information content (AvgIpc) is 3.39. The number of H-pyrrole nitrogens is 1. The van der Waals surface area contributed by atoms with Crippen LogP contribution in [0.3, 0.4) is 0 Å². The van der Waals surface area contributed by atoms with Crippen molar-refractivity contribution in [2.75, 3.05) is 33.4 Å². The van der Waals surface area contributed by atoms with Crippen LogP contribution in [0.5, 0.6) is 23.1 Å². The van der Waals surface area contributed by atoms with E-state index >= 15 is 0 Å². The molecule has 0 amide bonds. The van der Waals surface area contributed by atoms with E-state index in [9.17, 15) is 0 Å². The highest BCUT2D eigenvalue weighted by molar-refractivity contribution is 5.86. The highest BCUT2D eigenvalue weighted by Crippen LogP contribution is 2.35. The van der Waals surface area contributed by atoms with Crippen molar-refractivity contribution >= 4 is 10.9 Å². The maximum absolute atomic E-state index is 6.00. The lowest BCUT2D eigenvalue weighted by Gasteiger charge is -2.16. The number of methoxy groups -OCH3 is 1. The molecule has 1 aliphatic heterocycles. The van der Waals surface area contributed by atoms with Crippen molar-refractivity contribution in [2.45, 2.75) is 19.3 Å². The fraction of sp³-hybridized carbons (Fsp3) is 0.421. The van der Waals surface area contributed by atoms with Crippen LogP contribution in [-0.2, 0) is 0 Å². The van der Waals surface area contributed by atoms with E-state index in [1.54, 1.807) is 19.5 Å². The van der Waals surface area contributed by atoms with Crippen molar-refractivity contribution in [1.29, 1.82) is 0 Å². The van der Waals surface area contributed by atoms with Crippen LogP contribution in [-0.4, -0.2) is 58.4 Å². The Labute approximate surface area is 157 Å². The lowest BCUT2D eigenvalue weighted by molar-refractivity contribution is 0.254. The van der Waals surface area contributed by atoms with Gasteiger partial charge >= 0.3 is 0 Å². The summed E-state index contributed by atoms with van der Waals surface area (Å²) in [6, 6.07) is 3.72. The lowest BCUT2D eigenvalue weighted by Crippen LogP contribution is -2.21. The molecule has 1 aromatic carbocycles. The number of rotatable bonds is 8. The number of benzene rings is 1. The largest absolute Gasteiger partial charge is 0.493 e. The molecular formula is C19H23N5O3. The van der Waals surface area contributed by atoms with E-state index < -0.39 is 0 Å². The number of nitrogens with zero attached hydrogens (tertiary/aromatic N) is 4. The highest BCUT2D eigenvalue weighted by Gasteiger charge is 2.14. The molecular weight excluding hydrogens is 346 g/mol. The number of ether oxygens (including phenoxy) is 3. The zero-order valence-electron chi connectivity index (χ0n) is 15.4. The predicted octanol–water partition coefficient (Wildman–Crippen LogP) is 3.02. The third kappa shape index (κ3) is 4.11.